The van der Waals surface area contributed by atoms with Crippen molar-refractivity contribution in [2.75, 3.05) is 5.75 Å². The standard InChI is InChI=1S/C14H20N4OS/c1-9-4-5-10-11(8-9)17-13(16-10)20-7-6-14(2,3)12(15)18-19/h4-5,8,19H,6-7H2,1-3H3,(H2,15,18)(H,16,17). The average Bonchev–Trinajstić information content (AvgIpc) is 2.79. The third-order valence-corrected chi connectivity index (χ3v) is 4.26. The Labute approximate surface area is 122 Å². The molecule has 0 aliphatic heterocycles. The third-order valence-electron chi connectivity index (χ3n) is 3.38. The van der Waals surface area contributed by atoms with Gasteiger partial charge in [0.25, 0.3) is 0 Å². The highest BCUT2D eigenvalue weighted by atomic mass is 32.2. The SMILES string of the molecule is Cc1ccc2nc(SCCC(C)(C)C(N)=NO)[nH]c2c1. The van der Waals surface area contributed by atoms with Crippen LogP contribution in [-0.4, -0.2) is 26.8 Å². The molecular weight excluding hydrogens is 272 g/mol. The lowest BCUT2D eigenvalue weighted by molar-refractivity contribution is 0.307. The van der Waals surface area contributed by atoms with Crippen molar-refractivity contribution in [2.24, 2.45) is 16.3 Å². The average molecular weight is 292 g/mol. The first-order valence-corrected chi connectivity index (χ1v) is 7.48. The van der Waals surface area contributed by atoms with E-state index in [1.165, 1.54) is 5.56 Å². The number of imidazole rings is 1. The lowest BCUT2D eigenvalue weighted by Gasteiger charge is -2.21. The van der Waals surface area contributed by atoms with E-state index in [2.05, 4.69) is 34.2 Å². The van der Waals surface area contributed by atoms with Crippen molar-refractivity contribution in [1.29, 1.82) is 0 Å². The maximum atomic E-state index is 8.75. The minimum atomic E-state index is -0.315. The van der Waals surface area contributed by atoms with Crippen molar-refractivity contribution in [1.82, 2.24) is 9.97 Å². The number of H-pyrrole nitrogens is 1. The number of hydrogen-bond donors (Lipinski definition) is 3. The van der Waals surface area contributed by atoms with Crippen molar-refractivity contribution in [2.45, 2.75) is 32.3 Å². The first kappa shape index (κ1) is 14.7. The van der Waals surface area contributed by atoms with E-state index in [1.807, 2.05) is 19.9 Å². The van der Waals surface area contributed by atoms with Crippen molar-refractivity contribution < 1.29 is 5.21 Å². The first-order valence-electron chi connectivity index (χ1n) is 6.49. The van der Waals surface area contributed by atoms with Crippen LogP contribution in [0.15, 0.2) is 28.5 Å². The number of fused-ring (bicyclic) bond motifs is 1. The van der Waals surface area contributed by atoms with Gasteiger partial charge in [-0.15, -0.1) is 0 Å². The Balaban J connectivity index is 1.99. The molecule has 1 aromatic heterocycles. The monoisotopic (exact) mass is 292 g/mol. The summed E-state index contributed by atoms with van der Waals surface area (Å²) in [7, 11) is 0. The van der Waals surface area contributed by atoms with E-state index in [4.69, 9.17) is 10.9 Å². The van der Waals surface area contributed by atoms with Gasteiger partial charge in [0.1, 0.15) is 5.84 Å². The largest absolute Gasteiger partial charge is 0.409 e. The van der Waals surface area contributed by atoms with Crippen LogP contribution in [0.5, 0.6) is 0 Å². The molecule has 6 heteroatoms. The Kier molecular flexibility index (Phi) is 4.23. The zero-order valence-corrected chi connectivity index (χ0v) is 12.8. The van der Waals surface area contributed by atoms with Crippen LogP contribution in [0.3, 0.4) is 0 Å². The van der Waals surface area contributed by atoms with Gasteiger partial charge in [-0.1, -0.05) is 36.8 Å². The number of benzene rings is 1. The molecule has 0 fully saturated rings. The molecule has 0 radical (unpaired) electrons. The predicted molar refractivity (Wildman–Crippen MR) is 83.4 cm³/mol. The number of nitrogens with zero attached hydrogens (tertiary/aromatic N) is 2. The Morgan fingerprint density at radius 2 is 2.25 bits per heavy atom. The molecule has 0 spiro atoms. The molecule has 0 amide bonds. The number of aryl methyl sites for hydroxylation is 1. The molecule has 0 saturated carbocycles. The van der Waals surface area contributed by atoms with E-state index in [0.29, 0.717) is 0 Å². The van der Waals surface area contributed by atoms with Crippen LogP contribution in [-0.2, 0) is 0 Å². The molecule has 0 bridgehead atoms. The molecule has 1 heterocycles. The Morgan fingerprint density at radius 1 is 1.50 bits per heavy atom. The lowest BCUT2D eigenvalue weighted by atomic mass is 9.89. The zero-order chi connectivity index (χ0) is 14.8. The minimum Gasteiger partial charge on any atom is -0.409 e. The molecule has 5 nitrogen and oxygen atoms in total. The van der Waals surface area contributed by atoms with Crippen LogP contribution in [0.4, 0.5) is 0 Å². The molecule has 2 rings (SSSR count). The number of oxime groups is 1. The second-order valence-electron chi connectivity index (χ2n) is 5.53. The summed E-state index contributed by atoms with van der Waals surface area (Å²) in [6, 6.07) is 6.16. The maximum absolute atomic E-state index is 8.75. The number of amidine groups is 1. The summed E-state index contributed by atoms with van der Waals surface area (Å²) in [4.78, 5) is 7.84. The van der Waals surface area contributed by atoms with E-state index in [-0.39, 0.29) is 11.3 Å². The van der Waals surface area contributed by atoms with Crippen LogP contribution in [0.1, 0.15) is 25.8 Å². The van der Waals surface area contributed by atoms with Gasteiger partial charge in [-0.3, -0.25) is 0 Å². The molecule has 4 N–H and O–H groups in total. The molecule has 2 aromatic rings. The summed E-state index contributed by atoms with van der Waals surface area (Å²) >= 11 is 1.65. The zero-order valence-electron chi connectivity index (χ0n) is 12.0. The quantitative estimate of drug-likeness (QED) is 0.260. The molecule has 0 saturated heterocycles. The van der Waals surface area contributed by atoms with Gasteiger partial charge in [0.15, 0.2) is 5.16 Å². The van der Waals surface area contributed by atoms with Gasteiger partial charge in [-0.25, -0.2) is 4.98 Å². The molecular formula is C14H20N4OS. The first-order chi connectivity index (χ1) is 9.42. The summed E-state index contributed by atoms with van der Waals surface area (Å²) in [5.74, 6) is 1.11. The summed E-state index contributed by atoms with van der Waals surface area (Å²) < 4.78 is 0. The fraction of sp³-hybridized carbons (Fsp3) is 0.429. The Bertz CT molecular complexity index is 633. The molecule has 108 valence electrons. The minimum absolute atomic E-state index is 0.262. The summed E-state index contributed by atoms with van der Waals surface area (Å²) in [6.45, 7) is 5.99. The van der Waals surface area contributed by atoms with Crippen LogP contribution in [0.2, 0.25) is 0 Å². The number of hydrogen-bond acceptors (Lipinski definition) is 4. The number of aromatic amines is 1. The maximum Gasteiger partial charge on any atom is 0.166 e. The fourth-order valence-corrected chi connectivity index (χ4v) is 2.99. The van der Waals surface area contributed by atoms with Gasteiger partial charge in [0.05, 0.1) is 11.0 Å². The van der Waals surface area contributed by atoms with E-state index in [9.17, 15) is 0 Å². The van der Waals surface area contributed by atoms with Crippen LogP contribution < -0.4 is 5.73 Å². The Hall–Kier alpha value is -1.69. The van der Waals surface area contributed by atoms with E-state index >= 15 is 0 Å². The highest BCUT2D eigenvalue weighted by molar-refractivity contribution is 7.99. The number of aromatic nitrogens is 2. The molecule has 0 aliphatic carbocycles. The third kappa shape index (κ3) is 3.25. The van der Waals surface area contributed by atoms with Gasteiger partial charge in [-0.05, 0) is 31.0 Å². The molecule has 0 aliphatic rings. The number of rotatable bonds is 5. The van der Waals surface area contributed by atoms with Crippen LogP contribution in [0, 0.1) is 12.3 Å². The normalized spacial score (nSPS) is 13.1. The van der Waals surface area contributed by atoms with Crippen molar-refractivity contribution in [3.8, 4) is 0 Å². The molecule has 0 atom stereocenters. The van der Waals surface area contributed by atoms with Crippen molar-refractivity contribution in [3.05, 3.63) is 23.8 Å². The van der Waals surface area contributed by atoms with E-state index in [1.54, 1.807) is 11.8 Å². The number of thioether (sulfide) groups is 1. The predicted octanol–water partition coefficient (Wildman–Crippen LogP) is 3.13. The summed E-state index contributed by atoms with van der Waals surface area (Å²) in [6.07, 6.45) is 0.809. The van der Waals surface area contributed by atoms with Gasteiger partial charge in [0, 0.05) is 11.2 Å². The smallest absolute Gasteiger partial charge is 0.166 e. The topological polar surface area (TPSA) is 87.3 Å². The van der Waals surface area contributed by atoms with E-state index in [0.717, 1.165) is 28.4 Å². The lowest BCUT2D eigenvalue weighted by Crippen LogP contribution is -2.32. The van der Waals surface area contributed by atoms with Crippen LogP contribution in [0.25, 0.3) is 11.0 Å². The van der Waals surface area contributed by atoms with Gasteiger partial charge >= 0.3 is 0 Å². The second-order valence-corrected chi connectivity index (χ2v) is 6.61. The van der Waals surface area contributed by atoms with Gasteiger partial charge in [-0.2, -0.15) is 0 Å². The Morgan fingerprint density at radius 3 is 2.95 bits per heavy atom. The highest BCUT2D eigenvalue weighted by Gasteiger charge is 2.23. The van der Waals surface area contributed by atoms with Gasteiger partial charge < -0.3 is 15.9 Å². The van der Waals surface area contributed by atoms with Crippen LogP contribution >= 0.6 is 11.8 Å². The van der Waals surface area contributed by atoms with Crippen molar-refractivity contribution in [3.63, 3.8) is 0 Å². The summed E-state index contributed by atoms with van der Waals surface area (Å²) in [5, 5.41) is 12.7. The number of nitrogens with one attached hydrogen (secondary N) is 1. The van der Waals surface area contributed by atoms with Crippen molar-refractivity contribution >= 4 is 28.6 Å². The summed E-state index contributed by atoms with van der Waals surface area (Å²) in [5.41, 5.74) is 8.61. The van der Waals surface area contributed by atoms with E-state index < -0.39 is 0 Å². The fourth-order valence-electron chi connectivity index (χ4n) is 1.83. The second kappa shape index (κ2) is 5.75. The highest BCUT2D eigenvalue weighted by Crippen LogP contribution is 2.26. The molecule has 1 aromatic carbocycles. The van der Waals surface area contributed by atoms with Gasteiger partial charge in [0.2, 0.25) is 0 Å². The molecule has 20 heavy (non-hydrogen) atoms. The molecule has 0 unspecified atom stereocenters. The number of nitrogens with two attached hydrogens (primary N) is 1.